The molecule has 1 fully saturated rings. The first kappa shape index (κ1) is 15.4. The van der Waals surface area contributed by atoms with Crippen LogP contribution in [0.3, 0.4) is 0 Å². The van der Waals surface area contributed by atoms with E-state index in [1.807, 2.05) is 0 Å². The summed E-state index contributed by atoms with van der Waals surface area (Å²) in [7, 11) is 1.73. The van der Waals surface area contributed by atoms with E-state index in [-0.39, 0.29) is 11.9 Å². The van der Waals surface area contributed by atoms with E-state index < -0.39 is 0 Å². The van der Waals surface area contributed by atoms with Gasteiger partial charge < -0.3 is 10.6 Å². The van der Waals surface area contributed by atoms with Gasteiger partial charge in [-0.15, -0.1) is 0 Å². The number of unbranched alkanes of at least 4 members (excludes halogenated alkanes) is 1. The fourth-order valence-electron chi connectivity index (χ4n) is 2.64. The fourth-order valence-corrected chi connectivity index (χ4v) is 2.64. The maximum atomic E-state index is 11.9. The summed E-state index contributed by atoms with van der Waals surface area (Å²) in [5.41, 5.74) is 0. The highest BCUT2D eigenvalue weighted by Gasteiger charge is 2.28. The zero-order chi connectivity index (χ0) is 13.4. The minimum atomic E-state index is 0.0134. The molecular formula is C14H29N3O. The summed E-state index contributed by atoms with van der Waals surface area (Å²) in [5.74, 6) is 0.878. The topological polar surface area (TPSA) is 44.4 Å². The molecule has 0 spiro atoms. The Bertz CT molecular complexity index is 245. The molecule has 0 saturated carbocycles. The van der Waals surface area contributed by atoms with Gasteiger partial charge in [-0.05, 0) is 12.3 Å². The highest BCUT2D eigenvalue weighted by molar-refractivity contribution is 5.81. The molecule has 1 saturated heterocycles. The number of piperazine rings is 1. The first-order chi connectivity index (χ1) is 8.72. The molecule has 4 heteroatoms. The summed E-state index contributed by atoms with van der Waals surface area (Å²) in [4.78, 5) is 14.2. The van der Waals surface area contributed by atoms with Crippen LogP contribution in [-0.2, 0) is 4.79 Å². The smallest absolute Gasteiger partial charge is 0.238 e. The normalized spacial score (nSPS) is 22.7. The van der Waals surface area contributed by atoms with Crippen molar-refractivity contribution in [2.75, 3.05) is 33.2 Å². The van der Waals surface area contributed by atoms with Gasteiger partial charge in [-0.2, -0.15) is 0 Å². The zero-order valence-corrected chi connectivity index (χ0v) is 12.2. The van der Waals surface area contributed by atoms with Crippen LogP contribution in [-0.4, -0.2) is 50.1 Å². The van der Waals surface area contributed by atoms with Crippen molar-refractivity contribution >= 4 is 5.91 Å². The second kappa shape index (κ2) is 8.48. The Morgan fingerprint density at radius 1 is 1.50 bits per heavy atom. The van der Waals surface area contributed by atoms with Gasteiger partial charge in [0.1, 0.15) is 6.04 Å². The Hall–Kier alpha value is -0.610. The van der Waals surface area contributed by atoms with Crippen LogP contribution in [0.1, 0.15) is 39.5 Å². The van der Waals surface area contributed by atoms with Crippen molar-refractivity contribution in [3.8, 4) is 0 Å². The molecular weight excluding hydrogens is 226 g/mol. The highest BCUT2D eigenvalue weighted by Crippen LogP contribution is 2.16. The van der Waals surface area contributed by atoms with Gasteiger partial charge >= 0.3 is 0 Å². The number of amides is 1. The molecule has 2 unspecified atom stereocenters. The molecule has 1 aliphatic heterocycles. The second-order valence-corrected chi connectivity index (χ2v) is 5.25. The molecule has 0 aliphatic carbocycles. The van der Waals surface area contributed by atoms with E-state index in [0.29, 0.717) is 0 Å². The lowest BCUT2D eigenvalue weighted by Gasteiger charge is -2.37. The van der Waals surface area contributed by atoms with E-state index in [1.54, 1.807) is 7.05 Å². The molecule has 0 aromatic heterocycles. The van der Waals surface area contributed by atoms with Crippen LogP contribution < -0.4 is 10.6 Å². The third-order valence-electron chi connectivity index (χ3n) is 3.94. The minimum absolute atomic E-state index is 0.0134. The van der Waals surface area contributed by atoms with Gasteiger partial charge in [0.2, 0.25) is 5.91 Å². The highest BCUT2D eigenvalue weighted by atomic mass is 16.2. The van der Waals surface area contributed by atoms with Gasteiger partial charge in [0.25, 0.3) is 0 Å². The number of nitrogens with one attached hydrogen (secondary N) is 2. The minimum Gasteiger partial charge on any atom is -0.358 e. The van der Waals surface area contributed by atoms with Gasteiger partial charge in [-0.3, -0.25) is 9.69 Å². The maximum absolute atomic E-state index is 11.9. The quantitative estimate of drug-likeness (QED) is 0.719. The van der Waals surface area contributed by atoms with Crippen LogP contribution in [0.15, 0.2) is 0 Å². The summed E-state index contributed by atoms with van der Waals surface area (Å²) in [5, 5.41) is 6.09. The summed E-state index contributed by atoms with van der Waals surface area (Å²) in [6.07, 6.45) is 5.06. The molecule has 0 aromatic rings. The van der Waals surface area contributed by atoms with Crippen molar-refractivity contribution in [1.82, 2.24) is 15.5 Å². The zero-order valence-electron chi connectivity index (χ0n) is 12.2. The standard InChI is InChI=1S/C14H29N3O/c1-4-6-7-12(5-2)11-17-9-8-16-10-13(17)14(18)15-3/h12-13,16H,4-11H2,1-3H3,(H,15,18). The number of carbonyl (C=O) groups excluding carboxylic acids is 1. The Morgan fingerprint density at radius 3 is 2.89 bits per heavy atom. The number of carbonyl (C=O) groups is 1. The fraction of sp³-hybridized carbons (Fsp3) is 0.929. The molecule has 4 nitrogen and oxygen atoms in total. The summed E-state index contributed by atoms with van der Waals surface area (Å²) in [6, 6.07) is 0.0134. The number of rotatable bonds is 7. The first-order valence-corrected chi connectivity index (χ1v) is 7.39. The van der Waals surface area contributed by atoms with E-state index in [0.717, 1.165) is 32.1 Å². The molecule has 0 radical (unpaired) electrons. The molecule has 1 heterocycles. The molecule has 106 valence electrons. The van der Waals surface area contributed by atoms with Crippen LogP contribution in [0, 0.1) is 5.92 Å². The first-order valence-electron chi connectivity index (χ1n) is 7.39. The van der Waals surface area contributed by atoms with Gasteiger partial charge in [-0.25, -0.2) is 0 Å². The van der Waals surface area contributed by atoms with Gasteiger partial charge in [-0.1, -0.05) is 33.1 Å². The number of likely N-dealkylation sites (N-methyl/N-ethyl adjacent to an activating group) is 1. The predicted molar refractivity (Wildman–Crippen MR) is 75.6 cm³/mol. The molecule has 18 heavy (non-hydrogen) atoms. The largest absolute Gasteiger partial charge is 0.358 e. The van der Waals surface area contributed by atoms with Crippen molar-refractivity contribution in [2.45, 2.75) is 45.6 Å². The van der Waals surface area contributed by atoms with E-state index in [2.05, 4.69) is 29.4 Å². The van der Waals surface area contributed by atoms with Crippen LogP contribution in [0.4, 0.5) is 0 Å². The maximum Gasteiger partial charge on any atom is 0.238 e. The predicted octanol–water partition coefficient (Wildman–Crippen LogP) is 1.22. The van der Waals surface area contributed by atoms with E-state index in [1.165, 1.54) is 25.7 Å². The molecule has 2 N–H and O–H groups in total. The SMILES string of the molecule is CCCCC(CC)CN1CCNCC1C(=O)NC. The van der Waals surface area contributed by atoms with E-state index in [4.69, 9.17) is 0 Å². The third-order valence-corrected chi connectivity index (χ3v) is 3.94. The van der Waals surface area contributed by atoms with Crippen LogP contribution in [0.25, 0.3) is 0 Å². The molecule has 1 amide bonds. The van der Waals surface area contributed by atoms with Crippen molar-refractivity contribution in [2.24, 2.45) is 5.92 Å². The lowest BCUT2D eigenvalue weighted by atomic mass is 9.97. The average Bonchev–Trinajstić information content (AvgIpc) is 2.43. The lowest BCUT2D eigenvalue weighted by molar-refractivity contribution is -0.126. The summed E-state index contributed by atoms with van der Waals surface area (Å²) >= 11 is 0. The van der Waals surface area contributed by atoms with Crippen LogP contribution in [0.5, 0.6) is 0 Å². The molecule has 1 rings (SSSR count). The molecule has 1 aliphatic rings. The van der Waals surface area contributed by atoms with Crippen molar-refractivity contribution < 1.29 is 4.79 Å². The van der Waals surface area contributed by atoms with Crippen LogP contribution >= 0.6 is 0 Å². The summed E-state index contributed by atoms with van der Waals surface area (Å²) in [6.45, 7) is 8.33. The molecule has 0 aromatic carbocycles. The van der Waals surface area contributed by atoms with Crippen molar-refractivity contribution in [3.05, 3.63) is 0 Å². The van der Waals surface area contributed by atoms with E-state index >= 15 is 0 Å². The monoisotopic (exact) mass is 255 g/mol. The van der Waals surface area contributed by atoms with Gasteiger partial charge in [0.15, 0.2) is 0 Å². The Kier molecular flexibility index (Phi) is 7.28. The average molecular weight is 255 g/mol. The second-order valence-electron chi connectivity index (χ2n) is 5.25. The van der Waals surface area contributed by atoms with Gasteiger partial charge in [0, 0.05) is 33.2 Å². The Morgan fingerprint density at radius 2 is 2.28 bits per heavy atom. The van der Waals surface area contributed by atoms with Crippen molar-refractivity contribution in [1.29, 1.82) is 0 Å². The third kappa shape index (κ3) is 4.58. The number of hydrogen-bond acceptors (Lipinski definition) is 3. The van der Waals surface area contributed by atoms with E-state index in [9.17, 15) is 4.79 Å². The molecule has 0 bridgehead atoms. The van der Waals surface area contributed by atoms with Crippen molar-refractivity contribution in [3.63, 3.8) is 0 Å². The number of nitrogens with zero attached hydrogens (tertiary/aromatic N) is 1. The number of hydrogen-bond donors (Lipinski definition) is 2. The van der Waals surface area contributed by atoms with Crippen LogP contribution in [0.2, 0.25) is 0 Å². The van der Waals surface area contributed by atoms with Gasteiger partial charge in [0.05, 0.1) is 0 Å². The molecule has 2 atom stereocenters. The lowest BCUT2D eigenvalue weighted by Crippen LogP contribution is -2.58. The summed E-state index contributed by atoms with van der Waals surface area (Å²) < 4.78 is 0. The Labute approximate surface area is 111 Å². The Balaban J connectivity index is 2.51.